The Morgan fingerprint density at radius 1 is 1.26 bits per heavy atom. The summed E-state index contributed by atoms with van der Waals surface area (Å²) in [6, 6.07) is 8.53. The smallest absolute Gasteiger partial charge is 0.341 e. The van der Waals surface area contributed by atoms with Crippen LogP contribution in [0.5, 0.6) is 5.75 Å². The van der Waals surface area contributed by atoms with Crippen molar-refractivity contribution >= 4 is 33.3 Å². The topological polar surface area (TPSA) is 92.7 Å². The quantitative estimate of drug-likeness (QED) is 0.827. The molecule has 0 heterocycles. The summed E-state index contributed by atoms with van der Waals surface area (Å²) in [7, 11) is -3.97. The van der Waals surface area contributed by atoms with Crippen molar-refractivity contribution < 1.29 is 27.4 Å². The normalized spacial score (nSPS) is 11.0. The van der Waals surface area contributed by atoms with Gasteiger partial charge in [-0.25, -0.2) is 17.6 Å². The minimum atomic E-state index is -3.97. The zero-order valence-electron chi connectivity index (χ0n) is 11.5. The van der Waals surface area contributed by atoms with Crippen LogP contribution < -0.4 is 9.46 Å². The lowest BCUT2D eigenvalue weighted by Gasteiger charge is -2.10. The van der Waals surface area contributed by atoms with Gasteiger partial charge in [-0.05, 0) is 36.4 Å². The maximum atomic E-state index is 13.1. The third-order valence-electron chi connectivity index (χ3n) is 2.64. The van der Waals surface area contributed by atoms with Crippen LogP contribution in [-0.2, 0) is 14.8 Å². The standard InChI is InChI=1S/C14H11ClFNO5S/c15-12-7-11(4-5-13(12)22-8-14(18)19)23(20,21)17-10-3-1-2-9(16)6-10/h1-7,17H,8H2,(H,18,19). The largest absolute Gasteiger partial charge is 0.480 e. The van der Waals surface area contributed by atoms with Gasteiger partial charge < -0.3 is 9.84 Å². The predicted molar refractivity (Wildman–Crippen MR) is 81.8 cm³/mol. The summed E-state index contributed by atoms with van der Waals surface area (Å²) in [6.45, 7) is -0.604. The van der Waals surface area contributed by atoms with Crippen LogP contribution in [0.1, 0.15) is 0 Å². The molecule has 0 radical (unpaired) electrons. The Bertz CT molecular complexity index is 841. The molecule has 9 heteroatoms. The van der Waals surface area contributed by atoms with Gasteiger partial charge in [0.2, 0.25) is 0 Å². The zero-order valence-corrected chi connectivity index (χ0v) is 13.1. The third-order valence-corrected chi connectivity index (χ3v) is 4.32. The fraction of sp³-hybridized carbons (Fsp3) is 0.0714. The Morgan fingerprint density at radius 2 is 2.00 bits per heavy atom. The maximum Gasteiger partial charge on any atom is 0.341 e. The molecule has 0 aromatic heterocycles. The summed E-state index contributed by atoms with van der Waals surface area (Å²) >= 11 is 5.88. The Hall–Kier alpha value is -2.32. The number of hydrogen-bond acceptors (Lipinski definition) is 4. The number of aliphatic carboxylic acids is 1. The molecule has 0 bridgehead atoms. The highest BCUT2D eigenvalue weighted by Crippen LogP contribution is 2.28. The number of sulfonamides is 1. The first-order valence-corrected chi connectivity index (χ1v) is 8.06. The monoisotopic (exact) mass is 359 g/mol. The molecule has 0 fully saturated rings. The van der Waals surface area contributed by atoms with E-state index in [1.165, 1.54) is 30.3 Å². The molecule has 2 rings (SSSR count). The lowest BCUT2D eigenvalue weighted by atomic mass is 10.3. The van der Waals surface area contributed by atoms with Crippen molar-refractivity contribution in [3.05, 3.63) is 53.3 Å². The van der Waals surface area contributed by atoms with Crippen LogP contribution in [0.4, 0.5) is 10.1 Å². The molecule has 0 aliphatic rings. The van der Waals surface area contributed by atoms with E-state index in [1.54, 1.807) is 0 Å². The first-order valence-electron chi connectivity index (χ1n) is 6.20. The highest BCUT2D eigenvalue weighted by atomic mass is 35.5. The molecule has 0 unspecified atom stereocenters. The van der Waals surface area contributed by atoms with E-state index in [-0.39, 0.29) is 21.4 Å². The number of hydrogen-bond donors (Lipinski definition) is 2. The molecule has 2 aromatic rings. The number of nitrogens with one attached hydrogen (secondary N) is 1. The fourth-order valence-electron chi connectivity index (χ4n) is 1.67. The molecule has 0 atom stereocenters. The first-order chi connectivity index (χ1) is 10.8. The molecule has 6 nitrogen and oxygen atoms in total. The van der Waals surface area contributed by atoms with Crippen molar-refractivity contribution in [2.45, 2.75) is 4.90 Å². The molecule has 122 valence electrons. The van der Waals surface area contributed by atoms with Crippen molar-refractivity contribution in [2.24, 2.45) is 0 Å². The molecule has 0 saturated heterocycles. The van der Waals surface area contributed by atoms with Crippen LogP contribution in [0.15, 0.2) is 47.4 Å². The van der Waals surface area contributed by atoms with Gasteiger partial charge in [0.25, 0.3) is 10.0 Å². The Balaban J connectivity index is 2.23. The van der Waals surface area contributed by atoms with Gasteiger partial charge in [0.15, 0.2) is 6.61 Å². The summed E-state index contributed by atoms with van der Waals surface area (Å²) < 4.78 is 44.6. The van der Waals surface area contributed by atoms with E-state index in [9.17, 15) is 17.6 Å². The molecule has 2 aromatic carbocycles. The number of anilines is 1. The molecular weight excluding hydrogens is 349 g/mol. The van der Waals surface area contributed by atoms with E-state index in [4.69, 9.17) is 21.4 Å². The number of rotatable bonds is 6. The van der Waals surface area contributed by atoms with E-state index in [0.29, 0.717) is 0 Å². The summed E-state index contributed by atoms with van der Waals surface area (Å²) in [5.41, 5.74) is 0.0623. The van der Waals surface area contributed by atoms with Gasteiger partial charge in [0, 0.05) is 0 Å². The number of benzene rings is 2. The molecule has 0 spiro atoms. The van der Waals surface area contributed by atoms with Gasteiger partial charge in [-0.15, -0.1) is 0 Å². The summed E-state index contributed by atoms with van der Waals surface area (Å²) in [4.78, 5) is 10.3. The maximum absolute atomic E-state index is 13.1. The van der Waals surface area contributed by atoms with Gasteiger partial charge in [-0.1, -0.05) is 17.7 Å². The van der Waals surface area contributed by atoms with Crippen LogP contribution in [0.25, 0.3) is 0 Å². The molecule has 0 amide bonds. The average molecular weight is 360 g/mol. The summed E-state index contributed by atoms with van der Waals surface area (Å²) in [5, 5.41) is 8.47. The second-order valence-electron chi connectivity index (χ2n) is 4.39. The van der Waals surface area contributed by atoms with Crippen molar-refractivity contribution in [2.75, 3.05) is 11.3 Å². The molecule has 0 saturated carbocycles. The van der Waals surface area contributed by atoms with E-state index in [2.05, 4.69) is 4.72 Å². The number of carboxylic acids is 1. The molecule has 0 aliphatic carbocycles. The highest BCUT2D eigenvalue weighted by Gasteiger charge is 2.17. The van der Waals surface area contributed by atoms with E-state index >= 15 is 0 Å². The Labute approximate surface area is 136 Å². The Kier molecular flexibility index (Phi) is 5.07. The molecule has 23 heavy (non-hydrogen) atoms. The van der Waals surface area contributed by atoms with Crippen molar-refractivity contribution in [3.63, 3.8) is 0 Å². The zero-order chi connectivity index (χ0) is 17.0. The van der Waals surface area contributed by atoms with Gasteiger partial charge in [0.05, 0.1) is 15.6 Å². The first kappa shape index (κ1) is 17.0. The summed E-state index contributed by atoms with van der Waals surface area (Å²) in [6.07, 6.45) is 0. The van der Waals surface area contributed by atoms with Gasteiger partial charge >= 0.3 is 5.97 Å². The van der Waals surface area contributed by atoms with Crippen molar-refractivity contribution in [1.82, 2.24) is 0 Å². The molecule has 2 N–H and O–H groups in total. The van der Waals surface area contributed by atoms with Gasteiger partial charge in [0.1, 0.15) is 11.6 Å². The summed E-state index contributed by atoms with van der Waals surface area (Å²) in [5.74, 6) is -1.73. The van der Waals surface area contributed by atoms with Crippen LogP contribution in [0.2, 0.25) is 5.02 Å². The predicted octanol–water partition coefficient (Wildman–Crippen LogP) is 2.74. The minimum Gasteiger partial charge on any atom is -0.480 e. The van der Waals surface area contributed by atoms with E-state index in [1.807, 2.05) is 0 Å². The lowest BCUT2D eigenvalue weighted by Crippen LogP contribution is -2.13. The van der Waals surface area contributed by atoms with Gasteiger partial charge in [-0.3, -0.25) is 4.72 Å². The van der Waals surface area contributed by atoms with E-state index < -0.39 is 28.4 Å². The van der Waals surface area contributed by atoms with E-state index in [0.717, 1.165) is 12.1 Å². The Morgan fingerprint density at radius 3 is 2.61 bits per heavy atom. The van der Waals surface area contributed by atoms with Crippen LogP contribution in [0, 0.1) is 5.82 Å². The number of ether oxygens (including phenoxy) is 1. The lowest BCUT2D eigenvalue weighted by molar-refractivity contribution is -0.139. The molecular formula is C14H11ClFNO5S. The SMILES string of the molecule is O=C(O)COc1ccc(S(=O)(=O)Nc2cccc(F)c2)cc1Cl. The van der Waals surface area contributed by atoms with Crippen LogP contribution in [0.3, 0.4) is 0 Å². The van der Waals surface area contributed by atoms with Gasteiger partial charge in [-0.2, -0.15) is 0 Å². The van der Waals surface area contributed by atoms with Crippen LogP contribution in [-0.4, -0.2) is 26.1 Å². The average Bonchev–Trinajstić information content (AvgIpc) is 2.45. The van der Waals surface area contributed by atoms with Crippen molar-refractivity contribution in [3.8, 4) is 5.75 Å². The second kappa shape index (κ2) is 6.84. The minimum absolute atomic E-state index is 0.0405. The van der Waals surface area contributed by atoms with Crippen molar-refractivity contribution in [1.29, 1.82) is 0 Å². The molecule has 0 aliphatic heterocycles. The number of carboxylic acid groups (broad SMARTS) is 1. The van der Waals surface area contributed by atoms with Crippen LogP contribution >= 0.6 is 11.6 Å². The third kappa shape index (κ3) is 4.57. The number of halogens is 2. The second-order valence-corrected chi connectivity index (χ2v) is 6.48. The number of carbonyl (C=O) groups is 1. The fourth-order valence-corrected chi connectivity index (χ4v) is 3.05. The highest BCUT2D eigenvalue weighted by molar-refractivity contribution is 7.92.